The molecule has 1 N–H and O–H groups in total. The topological polar surface area (TPSA) is 29.1 Å². The van der Waals surface area contributed by atoms with E-state index in [-0.39, 0.29) is 0 Å². The van der Waals surface area contributed by atoms with Crippen molar-refractivity contribution >= 4 is 32.4 Å². The van der Waals surface area contributed by atoms with Crippen molar-refractivity contribution in [1.29, 1.82) is 0 Å². The van der Waals surface area contributed by atoms with Crippen LogP contribution in [0.2, 0.25) is 0 Å². The van der Waals surface area contributed by atoms with E-state index in [9.17, 15) is 4.21 Å². The Kier molecular flexibility index (Phi) is 2.44. The lowest BCUT2D eigenvalue weighted by Gasteiger charge is -1.91. The van der Waals surface area contributed by atoms with E-state index >= 15 is 0 Å². The van der Waals surface area contributed by atoms with E-state index in [1.54, 1.807) is 18.4 Å². The molecule has 1 aromatic carbocycles. The van der Waals surface area contributed by atoms with Gasteiger partial charge in [0.1, 0.15) is 15.2 Å². The van der Waals surface area contributed by atoms with Gasteiger partial charge in [-0.2, -0.15) is 0 Å². The molecular weight excluding hydrogens is 202 g/mol. The predicted octanol–water partition coefficient (Wildman–Crippen LogP) is 2.14. The molecule has 0 aliphatic heterocycles. The molecule has 0 saturated heterocycles. The highest BCUT2D eigenvalue weighted by Crippen LogP contribution is 2.26. The number of rotatable bonds is 2. The van der Waals surface area contributed by atoms with Gasteiger partial charge in [-0.25, -0.2) is 8.93 Å². The second-order valence-electron chi connectivity index (χ2n) is 2.58. The molecule has 1 heterocycles. The standard InChI is InChI=1S/C9H9NOS2/c1-10-13(11)9-6-7-4-2-3-5-8(7)12-9/h2-6,10H,1H3. The molecule has 68 valence electrons. The normalized spacial score (nSPS) is 13.3. The van der Waals surface area contributed by atoms with Crippen LogP contribution in [-0.4, -0.2) is 11.3 Å². The Labute approximate surface area is 83.2 Å². The molecule has 1 unspecified atom stereocenters. The second-order valence-corrected chi connectivity index (χ2v) is 5.30. The van der Waals surface area contributed by atoms with Crippen molar-refractivity contribution in [2.24, 2.45) is 0 Å². The molecule has 0 radical (unpaired) electrons. The average molecular weight is 211 g/mol. The first kappa shape index (κ1) is 8.87. The van der Waals surface area contributed by atoms with E-state index in [1.165, 1.54) is 4.70 Å². The highest BCUT2D eigenvalue weighted by molar-refractivity contribution is 7.85. The van der Waals surface area contributed by atoms with Crippen molar-refractivity contribution in [1.82, 2.24) is 4.72 Å². The summed E-state index contributed by atoms with van der Waals surface area (Å²) < 4.78 is 16.2. The minimum atomic E-state index is -1.05. The molecule has 0 aliphatic carbocycles. The maximum atomic E-state index is 11.4. The third kappa shape index (κ3) is 1.65. The molecule has 1 aromatic heterocycles. The van der Waals surface area contributed by atoms with Crippen LogP contribution < -0.4 is 4.72 Å². The summed E-state index contributed by atoms with van der Waals surface area (Å²) in [4.78, 5) is 0. The molecule has 2 aromatic rings. The van der Waals surface area contributed by atoms with Gasteiger partial charge < -0.3 is 0 Å². The molecule has 1 atom stereocenters. The highest BCUT2D eigenvalue weighted by Gasteiger charge is 2.05. The van der Waals surface area contributed by atoms with Crippen LogP contribution in [0.4, 0.5) is 0 Å². The van der Waals surface area contributed by atoms with Gasteiger partial charge in [-0.05, 0) is 24.6 Å². The summed E-state index contributed by atoms with van der Waals surface area (Å²) >= 11 is 1.57. The fraction of sp³-hybridized carbons (Fsp3) is 0.111. The lowest BCUT2D eigenvalue weighted by atomic mass is 10.3. The Morgan fingerprint density at radius 2 is 2.15 bits per heavy atom. The zero-order chi connectivity index (χ0) is 9.26. The van der Waals surface area contributed by atoms with Gasteiger partial charge in [-0.15, -0.1) is 11.3 Å². The number of thiophene rings is 1. The SMILES string of the molecule is CNS(=O)c1cc2ccccc2s1. The molecule has 2 nitrogen and oxygen atoms in total. The van der Waals surface area contributed by atoms with E-state index in [4.69, 9.17) is 0 Å². The van der Waals surface area contributed by atoms with Gasteiger partial charge >= 0.3 is 0 Å². The third-order valence-electron chi connectivity index (χ3n) is 1.77. The predicted molar refractivity (Wildman–Crippen MR) is 57.3 cm³/mol. The minimum absolute atomic E-state index is 0.878. The molecule has 0 spiro atoms. The Morgan fingerprint density at radius 3 is 2.85 bits per heavy atom. The number of hydrogen-bond acceptors (Lipinski definition) is 2. The summed E-state index contributed by atoms with van der Waals surface area (Å²) in [5.41, 5.74) is 0. The second kappa shape index (κ2) is 3.57. The van der Waals surface area contributed by atoms with Crippen molar-refractivity contribution in [2.45, 2.75) is 4.21 Å². The minimum Gasteiger partial charge on any atom is -0.237 e. The van der Waals surface area contributed by atoms with E-state index in [0.717, 1.165) is 9.60 Å². The quantitative estimate of drug-likeness (QED) is 0.810. The van der Waals surface area contributed by atoms with Crippen LogP contribution in [0.15, 0.2) is 34.5 Å². The van der Waals surface area contributed by atoms with Crippen LogP contribution in [0.3, 0.4) is 0 Å². The van der Waals surface area contributed by atoms with Gasteiger partial charge in [0.05, 0.1) is 0 Å². The first-order chi connectivity index (χ1) is 6.31. The smallest absolute Gasteiger partial charge is 0.134 e. The largest absolute Gasteiger partial charge is 0.237 e. The molecule has 13 heavy (non-hydrogen) atoms. The summed E-state index contributed by atoms with van der Waals surface area (Å²) in [5, 5.41) is 1.16. The summed E-state index contributed by atoms with van der Waals surface area (Å²) in [6, 6.07) is 10.0. The van der Waals surface area contributed by atoms with Crippen molar-refractivity contribution in [2.75, 3.05) is 7.05 Å². The number of hydrogen-bond donors (Lipinski definition) is 1. The Balaban J connectivity index is 2.56. The Hall–Kier alpha value is -0.710. The van der Waals surface area contributed by atoms with Gasteiger partial charge in [0.15, 0.2) is 0 Å². The van der Waals surface area contributed by atoms with Gasteiger partial charge in [0.2, 0.25) is 0 Å². The van der Waals surface area contributed by atoms with Crippen LogP contribution in [0.1, 0.15) is 0 Å². The van der Waals surface area contributed by atoms with Crippen molar-refractivity contribution in [3.05, 3.63) is 30.3 Å². The number of fused-ring (bicyclic) bond motifs is 1. The van der Waals surface area contributed by atoms with Crippen molar-refractivity contribution in [3.8, 4) is 0 Å². The fourth-order valence-corrected chi connectivity index (χ4v) is 3.20. The van der Waals surface area contributed by atoms with Gasteiger partial charge in [0.25, 0.3) is 0 Å². The third-order valence-corrected chi connectivity index (χ3v) is 4.24. The van der Waals surface area contributed by atoms with E-state index in [0.29, 0.717) is 0 Å². The van der Waals surface area contributed by atoms with Crippen LogP contribution in [0, 0.1) is 0 Å². The maximum absolute atomic E-state index is 11.4. The molecule has 0 saturated carbocycles. The molecule has 2 rings (SSSR count). The summed E-state index contributed by atoms with van der Waals surface area (Å²) in [6.45, 7) is 0. The molecule has 4 heteroatoms. The molecule has 0 fully saturated rings. The van der Waals surface area contributed by atoms with Gasteiger partial charge in [-0.3, -0.25) is 0 Å². The van der Waals surface area contributed by atoms with Crippen molar-refractivity contribution < 1.29 is 4.21 Å². The molecule has 0 bridgehead atoms. The molecular formula is C9H9NOS2. The summed E-state index contributed by atoms with van der Waals surface area (Å²) in [7, 11) is 0.640. The molecule has 0 amide bonds. The molecule has 0 aliphatic rings. The van der Waals surface area contributed by atoms with E-state index < -0.39 is 11.0 Å². The first-order valence-electron chi connectivity index (χ1n) is 3.89. The highest BCUT2D eigenvalue weighted by atomic mass is 32.2. The summed E-state index contributed by atoms with van der Waals surface area (Å²) in [6.07, 6.45) is 0. The monoisotopic (exact) mass is 211 g/mol. The van der Waals surface area contributed by atoms with E-state index in [2.05, 4.69) is 4.72 Å². The fourth-order valence-electron chi connectivity index (χ4n) is 1.15. The van der Waals surface area contributed by atoms with Gasteiger partial charge in [-0.1, -0.05) is 18.2 Å². The Bertz CT molecular complexity index is 417. The van der Waals surface area contributed by atoms with Crippen LogP contribution in [0.25, 0.3) is 10.1 Å². The average Bonchev–Trinajstić information content (AvgIpc) is 2.59. The van der Waals surface area contributed by atoms with Crippen molar-refractivity contribution in [3.63, 3.8) is 0 Å². The van der Waals surface area contributed by atoms with Gasteiger partial charge in [0, 0.05) is 4.70 Å². The first-order valence-corrected chi connectivity index (χ1v) is 5.85. The van der Waals surface area contributed by atoms with Crippen LogP contribution >= 0.6 is 11.3 Å². The zero-order valence-corrected chi connectivity index (χ0v) is 8.74. The zero-order valence-electron chi connectivity index (χ0n) is 7.11. The summed E-state index contributed by atoms with van der Waals surface area (Å²) in [5.74, 6) is 0. The number of nitrogens with one attached hydrogen (secondary N) is 1. The lowest BCUT2D eigenvalue weighted by molar-refractivity contribution is 0.679. The van der Waals surface area contributed by atoms with Crippen LogP contribution in [0.5, 0.6) is 0 Å². The maximum Gasteiger partial charge on any atom is 0.134 e. The Morgan fingerprint density at radius 1 is 1.38 bits per heavy atom. The van der Waals surface area contributed by atoms with Crippen LogP contribution in [-0.2, 0) is 11.0 Å². The number of benzene rings is 1. The van der Waals surface area contributed by atoms with E-state index in [1.807, 2.05) is 30.3 Å². The lowest BCUT2D eigenvalue weighted by Crippen LogP contribution is -2.08.